The van der Waals surface area contributed by atoms with Crippen molar-refractivity contribution in [2.75, 3.05) is 0 Å². The van der Waals surface area contributed by atoms with Crippen LogP contribution in [0.1, 0.15) is 51.2 Å². The largest absolute Gasteiger partial charge is 0.388 e. The molecule has 102 valence electrons. The zero-order valence-corrected chi connectivity index (χ0v) is 13.1. The Hall–Kier alpha value is -0.120. The Kier molecular flexibility index (Phi) is 6.61. The predicted molar refractivity (Wildman–Crippen MR) is 77.4 cm³/mol. The standard InChI is InChI=1S/C14H19BrClFO/c1-3-5-9(6-4-2)14(18)10-7-12(16)11(15)8-13(10)17/h7-9,14,18H,3-6H2,1-2H3. The average Bonchev–Trinajstić information content (AvgIpc) is 2.33. The van der Waals surface area contributed by atoms with Gasteiger partial charge in [-0.1, -0.05) is 38.3 Å². The third-order valence-electron chi connectivity index (χ3n) is 3.12. The number of hydrogen-bond donors (Lipinski definition) is 1. The second-order valence-corrected chi connectivity index (χ2v) is 5.83. The maximum absolute atomic E-state index is 13.9. The normalized spacial score (nSPS) is 13.1. The highest BCUT2D eigenvalue weighted by molar-refractivity contribution is 9.10. The zero-order valence-electron chi connectivity index (χ0n) is 10.7. The van der Waals surface area contributed by atoms with Crippen molar-refractivity contribution >= 4 is 27.5 Å². The van der Waals surface area contributed by atoms with Gasteiger partial charge >= 0.3 is 0 Å². The fourth-order valence-corrected chi connectivity index (χ4v) is 2.71. The second-order valence-electron chi connectivity index (χ2n) is 4.57. The second kappa shape index (κ2) is 7.46. The van der Waals surface area contributed by atoms with Crippen molar-refractivity contribution in [3.8, 4) is 0 Å². The van der Waals surface area contributed by atoms with Crippen LogP contribution < -0.4 is 0 Å². The van der Waals surface area contributed by atoms with Gasteiger partial charge in [0.05, 0.1) is 11.1 Å². The molecule has 0 saturated carbocycles. The summed E-state index contributed by atoms with van der Waals surface area (Å²) in [5.74, 6) is -0.317. The van der Waals surface area contributed by atoms with Gasteiger partial charge in [0, 0.05) is 10.0 Å². The molecule has 1 aromatic carbocycles. The summed E-state index contributed by atoms with van der Waals surface area (Å²) >= 11 is 9.14. The molecule has 0 bridgehead atoms. The summed E-state index contributed by atoms with van der Waals surface area (Å²) in [6.45, 7) is 4.14. The summed E-state index contributed by atoms with van der Waals surface area (Å²) < 4.78 is 14.4. The summed E-state index contributed by atoms with van der Waals surface area (Å²) in [5, 5.41) is 10.8. The lowest BCUT2D eigenvalue weighted by Gasteiger charge is -2.23. The molecule has 1 N–H and O–H groups in total. The van der Waals surface area contributed by atoms with Gasteiger partial charge in [0.25, 0.3) is 0 Å². The molecule has 0 fully saturated rings. The van der Waals surface area contributed by atoms with Crippen LogP contribution in [0.3, 0.4) is 0 Å². The molecule has 1 aromatic rings. The van der Waals surface area contributed by atoms with Crippen molar-refractivity contribution < 1.29 is 9.50 Å². The minimum atomic E-state index is -0.782. The van der Waals surface area contributed by atoms with Crippen LogP contribution in [0.5, 0.6) is 0 Å². The Bertz CT molecular complexity index is 392. The Balaban J connectivity index is 3.00. The maximum Gasteiger partial charge on any atom is 0.130 e. The highest BCUT2D eigenvalue weighted by atomic mass is 79.9. The van der Waals surface area contributed by atoms with E-state index < -0.39 is 11.9 Å². The molecule has 1 nitrogen and oxygen atoms in total. The van der Waals surface area contributed by atoms with Gasteiger partial charge in [-0.05, 0) is 46.8 Å². The molecule has 0 saturated heterocycles. The lowest BCUT2D eigenvalue weighted by molar-refractivity contribution is 0.0929. The number of aliphatic hydroxyl groups excluding tert-OH is 1. The molecule has 0 aliphatic carbocycles. The van der Waals surface area contributed by atoms with Gasteiger partial charge < -0.3 is 5.11 Å². The monoisotopic (exact) mass is 336 g/mol. The van der Waals surface area contributed by atoms with Crippen LogP contribution in [0.2, 0.25) is 5.02 Å². The molecule has 0 amide bonds. The van der Waals surface area contributed by atoms with E-state index in [1.807, 2.05) is 0 Å². The van der Waals surface area contributed by atoms with Crippen LogP contribution in [-0.4, -0.2) is 5.11 Å². The third-order valence-corrected chi connectivity index (χ3v) is 4.32. The van der Waals surface area contributed by atoms with Crippen molar-refractivity contribution in [2.24, 2.45) is 5.92 Å². The van der Waals surface area contributed by atoms with Crippen LogP contribution in [-0.2, 0) is 0 Å². The fraction of sp³-hybridized carbons (Fsp3) is 0.571. The van der Waals surface area contributed by atoms with E-state index in [9.17, 15) is 9.50 Å². The van der Waals surface area contributed by atoms with Gasteiger partial charge in [0.2, 0.25) is 0 Å². The molecule has 0 aliphatic rings. The molecule has 0 aliphatic heterocycles. The Morgan fingerprint density at radius 2 is 1.83 bits per heavy atom. The minimum absolute atomic E-state index is 0.0896. The molecule has 0 spiro atoms. The van der Waals surface area contributed by atoms with Crippen molar-refractivity contribution in [1.82, 2.24) is 0 Å². The lowest BCUT2D eigenvalue weighted by Crippen LogP contribution is -2.14. The van der Waals surface area contributed by atoms with E-state index in [1.54, 1.807) is 0 Å². The Morgan fingerprint density at radius 3 is 2.33 bits per heavy atom. The Morgan fingerprint density at radius 1 is 1.28 bits per heavy atom. The number of benzene rings is 1. The molecular weight excluding hydrogens is 319 g/mol. The van der Waals surface area contributed by atoms with E-state index >= 15 is 0 Å². The van der Waals surface area contributed by atoms with Gasteiger partial charge in [0.1, 0.15) is 5.82 Å². The van der Waals surface area contributed by atoms with Crippen molar-refractivity contribution in [3.05, 3.63) is 33.0 Å². The summed E-state index contributed by atoms with van der Waals surface area (Å²) in [6.07, 6.45) is 2.96. The zero-order chi connectivity index (χ0) is 13.7. The number of halogens is 3. The minimum Gasteiger partial charge on any atom is -0.388 e. The molecule has 1 rings (SSSR count). The molecular formula is C14H19BrClFO. The lowest BCUT2D eigenvalue weighted by atomic mass is 9.88. The summed E-state index contributed by atoms with van der Waals surface area (Å²) in [6, 6.07) is 2.83. The van der Waals surface area contributed by atoms with E-state index in [4.69, 9.17) is 11.6 Å². The third kappa shape index (κ3) is 3.94. The Labute approximate surface area is 121 Å². The number of hydrogen-bond acceptors (Lipinski definition) is 1. The highest BCUT2D eigenvalue weighted by Crippen LogP contribution is 2.34. The first-order valence-electron chi connectivity index (χ1n) is 6.33. The van der Waals surface area contributed by atoms with E-state index in [1.165, 1.54) is 12.1 Å². The molecule has 0 radical (unpaired) electrons. The maximum atomic E-state index is 13.9. The van der Waals surface area contributed by atoms with Gasteiger partial charge in [-0.3, -0.25) is 0 Å². The molecule has 1 unspecified atom stereocenters. The van der Waals surface area contributed by atoms with Crippen LogP contribution in [0.15, 0.2) is 16.6 Å². The molecule has 1 atom stereocenters. The first-order chi connectivity index (χ1) is 8.51. The summed E-state index contributed by atoms with van der Waals surface area (Å²) in [5.41, 5.74) is 0.301. The van der Waals surface area contributed by atoms with Gasteiger partial charge in [-0.15, -0.1) is 0 Å². The number of aliphatic hydroxyl groups is 1. The van der Waals surface area contributed by atoms with Gasteiger partial charge in [0.15, 0.2) is 0 Å². The van der Waals surface area contributed by atoms with Gasteiger partial charge in [-0.2, -0.15) is 0 Å². The molecule has 0 aromatic heterocycles. The quantitative estimate of drug-likeness (QED) is 0.680. The van der Waals surface area contributed by atoms with E-state index in [0.29, 0.717) is 15.1 Å². The van der Waals surface area contributed by atoms with E-state index in [2.05, 4.69) is 29.8 Å². The topological polar surface area (TPSA) is 20.2 Å². The van der Waals surface area contributed by atoms with E-state index in [0.717, 1.165) is 25.7 Å². The van der Waals surface area contributed by atoms with E-state index in [-0.39, 0.29) is 5.92 Å². The summed E-state index contributed by atoms with van der Waals surface area (Å²) in [7, 11) is 0. The molecule has 18 heavy (non-hydrogen) atoms. The van der Waals surface area contributed by atoms with Crippen LogP contribution in [0, 0.1) is 11.7 Å². The predicted octanol–water partition coefficient (Wildman–Crippen LogP) is 5.49. The van der Waals surface area contributed by atoms with Crippen LogP contribution in [0.4, 0.5) is 4.39 Å². The fourth-order valence-electron chi connectivity index (χ4n) is 2.22. The first kappa shape index (κ1) is 15.9. The van der Waals surface area contributed by atoms with Gasteiger partial charge in [-0.25, -0.2) is 4.39 Å². The smallest absolute Gasteiger partial charge is 0.130 e. The van der Waals surface area contributed by atoms with Crippen LogP contribution >= 0.6 is 27.5 Å². The van der Waals surface area contributed by atoms with Crippen molar-refractivity contribution in [3.63, 3.8) is 0 Å². The van der Waals surface area contributed by atoms with Crippen molar-refractivity contribution in [1.29, 1.82) is 0 Å². The average molecular weight is 338 g/mol. The summed E-state index contributed by atoms with van der Waals surface area (Å²) in [4.78, 5) is 0. The molecule has 0 heterocycles. The molecule has 4 heteroatoms. The van der Waals surface area contributed by atoms with Crippen molar-refractivity contribution in [2.45, 2.75) is 45.6 Å². The number of rotatable bonds is 6. The SMILES string of the molecule is CCCC(CCC)C(O)c1cc(Cl)c(Br)cc1F. The van der Waals surface area contributed by atoms with Crippen LogP contribution in [0.25, 0.3) is 0 Å². The highest BCUT2D eigenvalue weighted by Gasteiger charge is 2.23. The first-order valence-corrected chi connectivity index (χ1v) is 7.50.